The molecular formula is C18H21N3O5S. The Hall–Kier alpha value is -2.94. The lowest BCUT2D eigenvalue weighted by atomic mass is 10.1. The van der Waals surface area contributed by atoms with Gasteiger partial charge in [-0.1, -0.05) is 25.1 Å². The standard InChI is InChI=1S/C18H21N3O5S/c1-4-13-7-5-6-8-15(13)19-18(22)12-20(2)16-10-9-14(27(3,25)26)11-17(16)21(23)24/h5-11H,4,12H2,1-3H3,(H,19,22). The fourth-order valence-corrected chi connectivity index (χ4v) is 3.28. The molecule has 2 rings (SSSR count). The molecule has 0 heterocycles. The van der Waals surface area contributed by atoms with Crippen molar-refractivity contribution in [2.24, 2.45) is 0 Å². The summed E-state index contributed by atoms with van der Waals surface area (Å²) in [6.07, 6.45) is 1.73. The monoisotopic (exact) mass is 391 g/mol. The Balaban J connectivity index is 2.23. The highest BCUT2D eigenvalue weighted by Gasteiger charge is 2.22. The first kappa shape index (κ1) is 20.4. The summed E-state index contributed by atoms with van der Waals surface area (Å²) < 4.78 is 23.3. The number of hydrogen-bond acceptors (Lipinski definition) is 6. The van der Waals surface area contributed by atoms with Crippen molar-refractivity contribution in [1.82, 2.24) is 0 Å². The second-order valence-corrected chi connectivity index (χ2v) is 8.11. The van der Waals surface area contributed by atoms with Crippen LogP contribution in [0.5, 0.6) is 0 Å². The van der Waals surface area contributed by atoms with Crippen molar-refractivity contribution in [3.63, 3.8) is 0 Å². The maximum absolute atomic E-state index is 12.4. The number of carbonyl (C=O) groups is 1. The van der Waals surface area contributed by atoms with Crippen LogP contribution in [0.4, 0.5) is 17.1 Å². The van der Waals surface area contributed by atoms with Gasteiger partial charge >= 0.3 is 0 Å². The molecule has 0 saturated heterocycles. The molecule has 8 nitrogen and oxygen atoms in total. The number of rotatable bonds is 7. The molecule has 2 aromatic rings. The van der Waals surface area contributed by atoms with Crippen molar-refractivity contribution in [3.8, 4) is 0 Å². The first-order valence-electron chi connectivity index (χ1n) is 8.21. The van der Waals surface area contributed by atoms with Gasteiger partial charge in [-0.2, -0.15) is 0 Å². The molecule has 27 heavy (non-hydrogen) atoms. The number of nitrogens with one attached hydrogen (secondary N) is 1. The maximum atomic E-state index is 12.4. The van der Waals surface area contributed by atoms with E-state index in [1.165, 1.54) is 24.1 Å². The number of anilines is 2. The molecule has 0 aliphatic heterocycles. The van der Waals surface area contributed by atoms with Gasteiger partial charge in [0.05, 0.1) is 16.4 Å². The second-order valence-electron chi connectivity index (χ2n) is 6.09. The molecule has 0 aliphatic carbocycles. The van der Waals surface area contributed by atoms with Crippen LogP contribution in [-0.4, -0.2) is 39.1 Å². The highest BCUT2D eigenvalue weighted by molar-refractivity contribution is 7.90. The van der Waals surface area contributed by atoms with E-state index in [-0.39, 0.29) is 28.7 Å². The molecule has 0 aromatic heterocycles. The number of sulfone groups is 1. The number of likely N-dealkylation sites (N-methyl/N-ethyl adjacent to an activating group) is 1. The second kappa shape index (κ2) is 8.17. The van der Waals surface area contributed by atoms with Crippen molar-refractivity contribution >= 4 is 32.8 Å². The minimum atomic E-state index is -3.57. The van der Waals surface area contributed by atoms with Gasteiger partial charge in [0.1, 0.15) is 5.69 Å². The minimum Gasteiger partial charge on any atom is -0.360 e. The normalized spacial score (nSPS) is 11.1. The number of benzene rings is 2. The molecule has 0 radical (unpaired) electrons. The summed E-state index contributed by atoms with van der Waals surface area (Å²) >= 11 is 0. The molecule has 144 valence electrons. The maximum Gasteiger partial charge on any atom is 0.293 e. The molecule has 0 saturated carbocycles. The highest BCUT2D eigenvalue weighted by Crippen LogP contribution is 2.30. The molecule has 0 bridgehead atoms. The SMILES string of the molecule is CCc1ccccc1NC(=O)CN(C)c1ccc(S(C)(=O)=O)cc1[N+](=O)[O-]. The Morgan fingerprint density at radius 1 is 1.22 bits per heavy atom. The molecule has 0 aliphatic rings. The van der Waals surface area contributed by atoms with Crippen molar-refractivity contribution in [2.75, 3.05) is 30.1 Å². The lowest BCUT2D eigenvalue weighted by molar-refractivity contribution is -0.384. The fourth-order valence-electron chi connectivity index (χ4n) is 2.64. The highest BCUT2D eigenvalue weighted by atomic mass is 32.2. The van der Waals surface area contributed by atoms with Crippen LogP contribution in [0.15, 0.2) is 47.4 Å². The predicted molar refractivity (Wildman–Crippen MR) is 104 cm³/mol. The number of hydrogen-bond donors (Lipinski definition) is 1. The molecule has 1 amide bonds. The van der Waals surface area contributed by atoms with Crippen LogP contribution in [0, 0.1) is 10.1 Å². The Kier molecular flexibility index (Phi) is 6.17. The van der Waals surface area contributed by atoms with Crippen molar-refractivity contribution in [3.05, 3.63) is 58.1 Å². The number of nitro groups is 1. The zero-order valence-electron chi connectivity index (χ0n) is 15.3. The van der Waals surface area contributed by atoms with Gasteiger partial charge in [-0.25, -0.2) is 8.42 Å². The number of para-hydroxylation sites is 1. The summed E-state index contributed by atoms with van der Waals surface area (Å²) in [6.45, 7) is 1.85. The Labute approximate surface area is 157 Å². The van der Waals surface area contributed by atoms with Crippen molar-refractivity contribution in [2.45, 2.75) is 18.2 Å². The van der Waals surface area contributed by atoms with E-state index in [0.29, 0.717) is 5.69 Å². The van der Waals surface area contributed by atoms with Gasteiger partial charge in [0.25, 0.3) is 5.69 Å². The Morgan fingerprint density at radius 3 is 2.48 bits per heavy atom. The first-order chi connectivity index (χ1) is 12.6. The first-order valence-corrected chi connectivity index (χ1v) is 10.1. The van der Waals surface area contributed by atoms with Crippen LogP contribution in [0.25, 0.3) is 0 Å². The van der Waals surface area contributed by atoms with Crippen LogP contribution in [-0.2, 0) is 21.1 Å². The summed E-state index contributed by atoms with van der Waals surface area (Å²) in [4.78, 5) is 24.3. The fraction of sp³-hybridized carbons (Fsp3) is 0.278. The van der Waals surface area contributed by atoms with Crippen LogP contribution in [0.1, 0.15) is 12.5 Å². The molecule has 0 spiro atoms. The van der Waals surface area contributed by atoms with Crippen molar-refractivity contribution in [1.29, 1.82) is 0 Å². The third-order valence-corrected chi connectivity index (χ3v) is 5.15. The van der Waals surface area contributed by atoms with Crippen LogP contribution in [0.3, 0.4) is 0 Å². The Morgan fingerprint density at radius 2 is 1.89 bits per heavy atom. The number of nitro benzene ring substituents is 1. The van der Waals surface area contributed by atoms with E-state index in [1.807, 2.05) is 25.1 Å². The van der Waals surface area contributed by atoms with Gasteiger partial charge in [0.2, 0.25) is 5.91 Å². The molecular weight excluding hydrogens is 370 g/mol. The number of carbonyl (C=O) groups excluding carboxylic acids is 1. The van der Waals surface area contributed by atoms with E-state index in [0.717, 1.165) is 24.3 Å². The molecule has 9 heteroatoms. The van der Waals surface area contributed by atoms with Gasteiger partial charge < -0.3 is 10.2 Å². The van der Waals surface area contributed by atoms with Crippen LogP contribution < -0.4 is 10.2 Å². The van der Waals surface area contributed by atoms with Gasteiger partial charge in [-0.3, -0.25) is 14.9 Å². The van der Waals surface area contributed by atoms with Crippen LogP contribution >= 0.6 is 0 Å². The topological polar surface area (TPSA) is 110 Å². The molecule has 0 unspecified atom stereocenters. The predicted octanol–water partition coefficient (Wildman–Crippen LogP) is 2.64. The van der Waals surface area contributed by atoms with E-state index in [9.17, 15) is 23.3 Å². The third-order valence-electron chi connectivity index (χ3n) is 4.04. The van der Waals surface area contributed by atoms with Gasteiger partial charge in [-0.15, -0.1) is 0 Å². The number of aryl methyl sites for hydroxylation is 1. The van der Waals surface area contributed by atoms with E-state index in [4.69, 9.17) is 0 Å². The summed E-state index contributed by atoms with van der Waals surface area (Å²) in [5, 5.41) is 14.1. The lowest BCUT2D eigenvalue weighted by Gasteiger charge is -2.19. The molecule has 1 N–H and O–H groups in total. The van der Waals surface area contributed by atoms with Gasteiger partial charge in [-0.05, 0) is 30.2 Å². The van der Waals surface area contributed by atoms with E-state index < -0.39 is 14.8 Å². The summed E-state index contributed by atoms with van der Waals surface area (Å²) in [5.74, 6) is -0.333. The summed E-state index contributed by atoms with van der Waals surface area (Å²) in [6, 6.07) is 11.0. The molecule has 0 atom stereocenters. The largest absolute Gasteiger partial charge is 0.360 e. The lowest BCUT2D eigenvalue weighted by Crippen LogP contribution is -2.30. The van der Waals surface area contributed by atoms with Crippen molar-refractivity contribution < 1.29 is 18.1 Å². The number of nitrogens with zero attached hydrogens (tertiary/aromatic N) is 2. The van der Waals surface area contributed by atoms with E-state index in [1.54, 1.807) is 6.07 Å². The van der Waals surface area contributed by atoms with E-state index >= 15 is 0 Å². The molecule has 2 aromatic carbocycles. The average molecular weight is 391 g/mol. The Bertz CT molecular complexity index is 973. The van der Waals surface area contributed by atoms with Gasteiger partial charge in [0, 0.05) is 25.1 Å². The molecule has 0 fully saturated rings. The zero-order valence-corrected chi connectivity index (χ0v) is 16.1. The smallest absolute Gasteiger partial charge is 0.293 e. The van der Waals surface area contributed by atoms with E-state index in [2.05, 4.69) is 5.32 Å². The van der Waals surface area contributed by atoms with Gasteiger partial charge in [0.15, 0.2) is 9.84 Å². The zero-order chi connectivity index (χ0) is 20.2. The average Bonchev–Trinajstić information content (AvgIpc) is 2.60. The summed E-state index contributed by atoms with van der Waals surface area (Å²) in [5.41, 5.74) is 1.46. The quantitative estimate of drug-likeness (QED) is 0.574. The third kappa shape index (κ3) is 5.04. The summed E-state index contributed by atoms with van der Waals surface area (Å²) in [7, 11) is -2.04. The number of amides is 1. The van der Waals surface area contributed by atoms with Crippen LogP contribution in [0.2, 0.25) is 0 Å². The minimum absolute atomic E-state index is 0.128.